The maximum absolute atomic E-state index is 12.5. The van der Waals surface area contributed by atoms with Gasteiger partial charge < -0.3 is 9.42 Å². The third kappa shape index (κ3) is 4.09. The van der Waals surface area contributed by atoms with Crippen molar-refractivity contribution >= 4 is 5.91 Å². The van der Waals surface area contributed by atoms with Gasteiger partial charge in [-0.15, -0.1) is 0 Å². The van der Waals surface area contributed by atoms with E-state index in [0.717, 1.165) is 37.3 Å². The van der Waals surface area contributed by atoms with E-state index in [2.05, 4.69) is 44.5 Å². The van der Waals surface area contributed by atoms with Gasteiger partial charge in [-0.25, -0.2) is 0 Å². The summed E-state index contributed by atoms with van der Waals surface area (Å²) in [4.78, 5) is 16.5. The molecule has 0 saturated carbocycles. The van der Waals surface area contributed by atoms with Gasteiger partial charge in [0.05, 0.1) is 12.7 Å². The maximum atomic E-state index is 12.5. The number of fused-ring (bicyclic) bond motifs is 1. The van der Waals surface area contributed by atoms with E-state index in [1.807, 2.05) is 6.20 Å². The molecule has 1 amide bonds. The van der Waals surface area contributed by atoms with Crippen molar-refractivity contribution in [3.63, 3.8) is 0 Å². The molecular weight excluding hydrogens is 342 g/mol. The van der Waals surface area contributed by atoms with E-state index in [9.17, 15) is 4.79 Å². The fourth-order valence-electron chi connectivity index (χ4n) is 3.41. The third-order valence-electron chi connectivity index (χ3n) is 5.00. The van der Waals surface area contributed by atoms with Crippen LogP contribution >= 0.6 is 0 Å². The molecule has 0 radical (unpaired) electrons. The van der Waals surface area contributed by atoms with Crippen LogP contribution in [0.1, 0.15) is 32.9 Å². The van der Waals surface area contributed by atoms with E-state index >= 15 is 0 Å². The van der Waals surface area contributed by atoms with Gasteiger partial charge in [0.15, 0.2) is 11.5 Å². The van der Waals surface area contributed by atoms with Crippen LogP contribution in [0.2, 0.25) is 0 Å². The number of hydrogen-bond donors (Lipinski definition) is 1. The second kappa shape index (κ2) is 7.75. The van der Waals surface area contributed by atoms with E-state index in [0.29, 0.717) is 18.8 Å². The monoisotopic (exact) mass is 365 g/mol. The number of H-pyrrole nitrogens is 1. The molecule has 2 aromatic heterocycles. The van der Waals surface area contributed by atoms with Crippen molar-refractivity contribution < 1.29 is 9.32 Å². The number of rotatable bonds is 6. The minimum Gasteiger partial charge on any atom is -0.359 e. The van der Waals surface area contributed by atoms with Gasteiger partial charge in [0, 0.05) is 38.9 Å². The van der Waals surface area contributed by atoms with E-state index in [1.54, 1.807) is 24.2 Å². The van der Waals surface area contributed by atoms with Gasteiger partial charge in [-0.1, -0.05) is 29.4 Å². The molecule has 1 N–H and O–H groups in total. The Morgan fingerprint density at radius 3 is 3.00 bits per heavy atom. The van der Waals surface area contributed by atoms with Crippen molar-refractivity contribution in [2.75, 3.05) is 20.1 Å². The normalized spacial score (nSPS) is 14.1. The van der Waals surface area contributed by atoms with E-state index in [4.69, 9.17) is 4.52 Å². The highest BCUT2D eigenvalue weighted by atomic mass is 16.5. The molecule has 0 fully saturated rings. The Labute approximate surface area is 158 Å². The maximum Gasteiger partial charge on any atom is 0.275 e. The standard InChI is InChI=1S/C20H23N5O2/c1-24(8-6-15-11-21-22-12-15)20(26)19-10-18(27-23-19)14-25-9-7-16-4-2-3-5-17(16)13-25/h2-5,10-12H,6-9,13-14H2,1H3,(H,21,22). The summed E-state index contributed by atoms with van der Waals surface area (Å²) in [6.45, 7) is 3.13. The van der Waals surface area contributed by atoms with Crippen LogP contribution in [0.5, 0.6) is 0 Å². The summed E-state index contributed by atoms with van der Waals surface area (Å²) >= 11 is 0. The van der Waals surface area contributed by atoms with E-state index in [-0.39, 0.29) is 5.91 Å². The van der Waals surface area contributed by atoms with Crippen molar-refractivity contribution in [3.8, 4) is 0 Å². The van der Waals surface area contributed by atoms with E-state index < -0.39 is 0 Å². The fraction of sp³-hybridized carbons (Fsp3) is 0.350. The number of hydrogen-bond acceptors (Lipinski definition) is 5. The Kier molecular flexibility index (Phi) is 5.02. The molecule has 3 heterocycles. The van der Waals surface area contributed by atoms with Crippen LogP contribution < -0.4 is 0 Å². The van der Waals surface area contributed by atoms with Gasteiger partial charge in [0.2, 0.25) is 0 Å². The molecule has 7 nitrogen and oxygen atoms in total. The lowest BCUT2D eigenvalue weighted by Gasteiger charge is -2.27. The van der Waals surface area contributed by atoms with Crippen molar-refractivity contribution in [2.24, 2.45) is 0 Å². The number of nitrogens with one attached hydrogen (secondary N) is 1. The van der Waals surface area contributed by atoms with Crippen LogP contribution in [0, 0.1) is 0 Å². The summed E-state index contributed by atoms with van der Waals surface area (Å²) in [5.41, 5.74) is 4.21. The zero-order chi connectivity index (χ0) is 18.6. The van der Waals surface area contributed by atoms with Crippen LogP contribution in [0.4, 0.5) is 0 Å². The summed E-state index contributed by atoms with van der Waals surface area (Å²) in [5, 5.41) is 10.7. The smallest absolute Gasteiger partial charge is 0.275 e. The lowest BCUT2D eigenvalue weighted by atomic mass is 10.00. The molecule has 3 aromatic rings. The quantitative estimate of drug-likeness (QED) is 0.725. The second-order valence-corrected chi connectivity index (χ2v) is 6.99. The largest absolute Gasteiger partial charge is 0.359 e. The number of aromatic amines is 1. The van der Waals surface area contributed by atoms with Crippen LogP contribution in [0.25, 0.3) is 0 Å². The Hall–Kier alpha value is -2.93. The molecule has 0 saturated heterocycles. The summed E-state index contributed by atoms with van der Waals surface area (Å²) in [6, 6.07) is 10.3. The van der Waals surface area contributed by atoms with Gasteiger partial charge in [0.1, 0.15) is 0 Å². The third-order valence-corrected chi connectivity index (χ3v) is 5.00. The number of benzene rings is 1. The first-order valence-corrected chi connectivity index (χ1v) is 9.17. The number of carbonyl (C=O) groups excluding carboxylic acids is 1. The van der Waals surface area contributed by atoms with Crippen LogP contribution in [-0.4, -0.2) is 51.2 Å². The molecule has 1 aromatic carbocycles. The summed E-state index contributed by atoms with van der Waals surface area (Å²) < 4.78 is 5.42. The molecule has 7 heteroatoms. The average molecular weight is 365 g/mol. The van der Waals surface area contributed by atoms with E-state index in [1.165, 1.54) is 11.1 Å². The van der Waals surface area contributed by atoms with Gasteiger partial charge in [-0.05, 0) is 29.5 Å². The average Bonchev–Trinajstić information content (AvgIpc) is 3.37. The number of amides is 1. The lowest BCUT2D eigenvalue weighted by Crippen LogP contribution is -2.30. The predicted molar refractivity (Wildman–Crippen MR) is 100 cm³/mol. The first-order chi connectivity index (χ1) is 13.2. The van der Waals surface area contributed by atoms with Crippen LogP contribution in [-0.2, 0) is 25.9 Å². The Balaban J connectivity index is 1.33. The molecule has 140 valence electrons. The topological polar surface area (TPSA) is 78.3 Å². The zero-order valence-corrected chi connectivity index (χ0v) is 15.4. The van der Waals surface area contributed by atoms with Crippen molar-refractivity contribution in [1.82, 2.24) is 25.2 Å². The first kappa shape index (κ1) is 17.5. The highest BCUT2D eigenvalue weighted by molar-refractivity contribution is 5.92. The summed E-state index contributed by atoms with van der Waals surface area (Å²) in [6.07, 6.45) is 5.38. The molecule has 0 unspecified atom stereocenters. The minimum atomic E-state index is -0.127. The van der Waals surface area contributed by atoms with Gasteiger partial charge in [0.25, 0.3) is 5.91 Å². The molecule has 1 aliphatic heterocycles. The van der Waals surface area contributed by atoms with Gasteiger partial charge in [-0.3, -0.25) is 14.8 Å². The highest BCUT2D eigenvalue weighted by Crippen LogP contribution is 2.20. The Bertz CT molecular complexity index is 903. The Morgan fingerprint density at radius 2 is 2.19 bits per heavy atom. The first-order valence-electron chi connectivity index (χ1n) is 9.17. The molecule has 0 spiro atoms. The lowest BCUT2D eigenvalue weighted by molar-refractivity contribution is 0.0786. The molecular formula is C20H23N5O2. The molecule has 1 aliphatic rings. The predicted octanol–water partition coefficient (Wildman–Crippen LogP) is 2.27. The number of carbonyl (C=O) groups is 1. The summed E-state index contributed by atoms with van der Waals surface area (Å²) in [7, 11) is 1.78. The van der Waals surface area contributed by atoms with Crippen LogP contribution in [0.3, 0.4) is 0 Å². The molecule has 0 aliphatic carbocycles. The fourth-order valence-corrected chi connectivity index (χ4v) is 3.41. The highest BCUT2D eigenvalue weighted by Gasteiger charge is 2.20. The van der Waals surface area contributed by atoms with Crippen molar-refractivity contribution in [2.45, 2.75) is 25.9 Å². The number of nitrogens with zero attached hydrogens (tertiary/aromatic N) is 4. The van der Waals surface area contributed by atoms with Crippen molar-refractivity contribution in [1.29, 1.82) is 0 Å². The molecule has 0 bridgehead atoms. The number of aromatic nitrogens is 3. The number of likely N-dealkylation sites (N-methyl/N-ethyl adjacent to an activating group) is 1. The van der Waals surface area contributed by atoms with Gasteiger partial charge in [-0.2, -0.15) is 5.10 Å². The minimum absolute atomic E-state index is 0.127. The SMILES string of the molecule is CN(CCc1cn[nH]c1)C(=O)c1cc(CN2CCc3ccccc3C2)on1. The molecule has 27 heavy (non-hydrogen) atoms. The Morgan fingerprint density at radius 1 is 1.33 bits per heavy atom. The van der Waals surface area contributed by atoms with Crippen molar-refractivity contribution in [3.05, 3.63) is 70.9 Å². The summed E-state index contributed by atoms with van der Waals surface area (Å²) in [5.74, 6) is 0.596. The molecule has 4 rings (SSSR count). The molecule has 0 atom stereocenters. The van der Waals surface area contributed by atoms with Crippen LogP contribution in [0.15, 0.2) is 47.2 Å². The zero-order valence-electron chi connectivity index (χ0n) is 15.4. The second-order valence-electron chi connectivity index (χ2n) is 6.99. The van der Waals surface area contributed by atoms with Gasteiger partial charge >= 0.3 is 0 Å².